The lowest BCUT2D eigenvalue weighted by Gasteiger charge is -2.46. The first-order valence-corrected chi connectivity index (χ1v) is 20.8. The number of carbonyl (C=O) groups is 4. The van der Waals surface area contributed by atoms with Crippen LogP contribution in [0.15, 0.2) is 42.6 Å². The molecule has 14 nitrogen and oxygen atoms in total. The minimum atomic E-state index is -5.09. The van der Waals surface area contributed by atoms with Crippen LogP contribution >= 0.6 is 0 Å². The molecule has 0 spiro atoms. The van der Waals surface area contributed by atoms with Crippen LogP contribution in [-0.2, 0) is 24.4 Å². The Balaban J connectivity index is 1.44. The summed E-state index contributed by atoms with van der Waals surface area (Å²) in [7, 11) is -2.52. The number of carbonyl (C=O) groups excluding carboxylic acids is 3. The van der Waals surface area contributed by atoms with Gasteiger partial charge in [-0.2, -0.15) is 13.2 Å². The molecule has 3 heterocycles. The van der Waals surface area contributed by atoms with Gasteiger partial charge in [0.1, 0.15) is 35.0 Å². The Morgan fingerprint density at radius 1 is 1.12 bits per heavy atom. The molecule has 57 heavy (non-hydrogen) atoms. The molecule has 18 heteroatoms. The van der Waals surface area contributed by atoms with Crippen molar-refractivity contribution >= 4 is 44.6 Å². The van der Waals surface area contributed by atoms with Gasteiger partial charge in [0, 0.05) is 29.3 Å². The number of nitrogens with one attached hydrogen (secondary N) is 2. The van der Waals surface area contributed by atoms with Gasteiger partial charge < -0.3 is 24.8 Å². The highest BCUT2D eigenvalue weighted by Gasteiger charge is 2.63. The summed E-state index contributed by atoms with van der Waals surface area (Å²) in [6.45, 7) is 4.61. The number of hydrogen-bond donors (Lipinski definition) is 3. The first kappa shape index (κ1) is 42.0. The minimum Gasteiger partial charge on any atom is -0.496 e. The Morgan fingerprint density at radius 3 is 2.47 bits per heavy atom. The van der Waals surface area contributed by atoms with Crippen molar-refractivity contribution in [2.24, 2.45) is 17.8 Å². The van der Waals surface area contributed by atoms with Crippen LogP contribution in [0.4, 0.5) is 18.0 Å². The third kappa shape index (κ3) is 8.23. The number of ether oxygens (including phenoxy) is 2. The van der Waals surface area contributed by atoms with Gasteiger partial charge in [-0.1, -0.05) is 38.5 Å². The van der Waals surface area contributed by atoms with Crippen LogP contribution in [0.2, 0.25) is 0 Å². The third-order valence-corrected chi connectivity index (χ3v) is 13.8. The Kier molecular flexibility index (Phi) is 11.5. The molecule has 2 saturated carbocycles. The normalized spacial score (nSPS) is 29.2. The van der Waals surface area contributed by atoms with E-state index < -0.39 is 86.4 Å². The largest absolute Gasteiger partial charge is 0.496 e. The van der Waals surface area contributed by atoms with E-state index in [9.17, 15) is 41.1 Å². The van der Waals surface area contributed by atoms with Gasteiger partial charge in [0.05, 0.1) is 18.9 Å². The summed E-state index contributed by atoms with van der Waals surface area (Å²) in [4.78, 5) is 62.0. The molecule has 0 bridgehead atoms. The number of alkyl halides is 3. The Labute approximate surface area is 329 Å². The Morgan fingerprint density at radius 2 is 1.84 bits per heavy atom. The maximum absolute atomic E-state index is 15.1. The number of nitrogens with zero attached hydrogens (tertiary/aromatic N) is 3. The standard InChI is InChI=1S/C39H50F3N5O9S/c1-6-23-18-22(2)10-7-8-11-24-20-38(24,35(50)45-57(53,54)26-14-15-26)44-32(48)29-19-25(56-33-28-12-9-13-30(55-5)27(28)16-17-43-33)21-46(29)34(49)31(23)47(36(51)52)37(3,4)39(40,41)42/h8-9,11-13,16-17,22-26,29,31H,6-7,10,14-15,18-21H2,1-5H3,(H,44,48)(H,45,50)(H,51,52)/b11-8-/t22-,23-,24-,25-,29+,31+,38-/m1/s1. The van der Waals surface area contributed by atoms with Crippen molar-refractivity contribution in [2.45, 2.75) is 120 Å². The summed E-state index contributed by atoms with van der Waals surface area (Å²) in [6.07, 6.45) is -1.03. The van der Waals surface area contributed by atoms with Gasteiger partial charge in [0.2, 0.25) is 27.7 Å². The van der Waals surface area contributed by atoms with E-state index in [1.807, 2.05) is 13.0 Å². The Hall–Kier alpha value is -4.61. The summed E-state index contributed by atoms with van der Waals surface area (Å²) >= 11 is 0. The number of carboxylic acid groups (broad SMARTS) is 1. The van der Waals surface area contributed by atoms with Crippen LogP contribution in [0.3, 0.4) is 0 Å². The van der Waals surface area contributed by atoms with Crippen molar-refractivity contribution in [3.8, 4) is 11.6 Å². The first-order valence-electron chi connectivity index (χ1n) is 19.3. The molecule has 7 atom stereocenters. The molecule has 312 valence electrons. The van der Waals surface area contributed by atoms with Crippen molar-refractivity contribution < 1.29 is 55.3 Å². The topological polar surface area (TPSA) is 185 Å². The summed E-state index contributed by atoms with van der Waals surface area (Å²) in [5, 5.41) is 13.7. The van der Waals surface area contributed by atoms with Crippen molar-refractivity contribution in [3.05, 3.63) is 42.6 Å². The number of allylic oxidation sites excluding steroid dienone is 1. The van der Waals surface area contributed by atoms with Gasteiger partial charge in [0.25, 0.3) is 5.91 Å². The van der Waals surface area contributed by atoms with E-state index in [1.54, 1.807) is 37.3 Å². The molecule has 3 fully saturated rings. The summed E-state index contributed by atoms with van der Waals surface area (Å²) in [5.41, 5.74) is -4.73. The number of rotatable bonds is 9. The highest BCUT2D eigenvalue weighted by Crippen LogP contribution is 2.47. The van der Waals surface area contributed by atoms with Crippen LogP contribution in [0.5, 0.6) is 11.6 Å². The van der Waals surface area contributed by atoms with E-state index in [2.05, 4.69) is 15.0 Å². The van der Waals surface area contributed by atoms with Gasteiger partial charge in [-0.15, -0.1) is 0 Å². The highest BCUT2D eigenvalue weighted by molar-refractivity contribution is 7.91. The van der Waals surface area contributed by atoms with E-state index in [-0.39, 0.29) is 48.9 Å². The molecule has 1 saturated heterocycles. The smallest absolute Gasteiger partial charge is 0.411 e. The van der Waals surface area contributed by atoms with Crippen molar-refractivity contribution in [1.82, 2.24) is 24.8 Å². The maximum atomic E-state index is 15.1. The number of pyridine rings is 1. The number of aromatic nitrogens is 1. The van der Waals surface area contributed by atoms with Crippen LogP contribution in [-0.4, -0.2) is 106 Å². The number of halogens is 3. The molecule has 0 unspecified atom stereocenters. The summed E-state index contributed by atoms with van der Waals surface area (Å²) in [6, 6.07) is 3.57. The van der Waals surface area contributed by atoms with Crippen molar-refractivity contribution in [1.29, 1.82) is 0 Å². The predicted molar refractivity (Wildman–Crippen MR) is 202 cm³/mol. The molecule has 1 aromatic heterocycles. The third-order valence-electron chi connectivity index (χ3n) is 11.9. The number of methoxy groups -OCH3 is 1. The zero-order valence-electron chi connectivity index (χ0n) is 32.5. The number of benzene rings is 1. The summed E-state index contributed by atoms with van der Waals surface area (Å²) in [5.74, 6) is -3.84. The highest BCUT2D eigenvalue weighted by atomic mass is 32.2. The molecule has 3 N–H and O–H groups in total. The van der Waals surface area contributed by atoms with E-state index in [1.165, 1.54) is 13.3 Å². The van der Waals surface area contributed by atoms with Crippen LogP contribution in [0.1, 0.15) is 79.1 Å². The molecule has 6 rings (SSSR count). The summed E-state index contributed by atoms with van der Waals surface area (Å²) < 4.78 is 84.0. The van der Waals surface area contributed by atoms with Crippen LogP contribution in [0, 0.1) is 17.8 Å². The zero-order chi connectivity index (χ0) is 41.7. The first-order chi connectivity index (χ1) is 26.8. The molecule has 4 aliphatic rings. The van der Waals surface area contributed by atoms with E-state index in [0.29, 0.717) is 56.1 Å². The molecule has 2 aliphatic heterocycles. The number of hydrogen-bond acceptors (Lipinski definition) is 9. The number of sulfonamides is 1. The molecular weight excluding hydrogens is 772 g/mol. The molecule has 2 aliphatic carbocycles. The van der Waals surface area contributed by atoms with Crippen molar-refractivity contribution in [3.63, 3.8) is 0 Å². The second kappa shape index (κ2) is 15.6. The van der Waals surface area contributed by atoms with Gasteiger partial charge in [-0.05, 0) is 82.4 Å². The van der Waals surface area contributed by atoms with E-state index in [4.69, 9.17) is 9.47 Å². The molecule has 0 radical (unpaired) electrons. The zero-order valence-corrected chi connectivity index (χ0v) is 33.4. The van der Waals surface area contributed by atoms with Crippen LogP contribution < -0.4 is 19.5 Å². The van der Waals surface area contributed by atoms with E-state index in [0.717, 1.165) is 4.90 Å². The van der Waals surface area contributed by atoms with Crippen molar-refractivity contribution in [2.75, 3.05) is 13.7 Å². The van der Waals surface area contributed by atoms with Gasteiger partial charge in [-0.25, -0.2) is 18.2 Å². The van der Waals surface area contributed by atoms with Gasteiger partial charge >= 0.3 is 12.3 Å². The predicted octanol–water partition coefficient (Wildman–Crippen LogP) is 5.17. The number of amides is 4. The van der Waals surface area contributed by atoms with Crippen LogP contribution in [0.25, 0.3) is 10.8 Å². The second-order valence-corrected chi connectivity index (χ2v) is 18.2. The lowest BCUT2D eigenvalue weighted by Crippen LogP contribution is -2.66. The Bertz CT molecular complexity index is 2040. The monoisotopic (exact) mass is 821 g/mol. The van der Waals surface area contributed by atoms with E-state index >= 15 is 4.79 Å². The molecule has 4 amide bonds. The fourth-order valence-electron chi connectivity index (χ4n) is 8.25. The molecular formula is C39H50F3N5O9S. The van der Waals surface area contributed by atoms with Gasteiger partial charge in [-0.3, -0.25) is 24.0 Å². The second-order valence-electron chi connectivity index (χ2n) is 16.3. The lowest BCUT2D eigenvalue weighted by molar-refractivity contribution is -0.222. The SMILES string of the molecule is CC[C@@H]1C[C@H](C)CC/C=C\[C@@H]2C[C@@]2(C(=O)NS(=O)(=O)C2CC2)NC(=O)[C@@H]2C[C@@H](Oc3nccc4c(OC)cccc34)CN2C(=O)[C@H]1N(C(=O)O)C(C)(C)C(F)(F)F. The fourth-order valence-corrected chi connectivity index (χ4v) is 9.62. The minimum absolute atomic E-state index is 0.0618. The van der Waals surface area contributed by atoms with Gasteiger partial charge in [0.15, 0.2) is 0 Å². The fraction of sp³-hybridized carbons (Fsp3) is 0.615. The average molecular weight is 822 g/mol. The maximum Gasteiger partial charge on any atom is 0.411 e. The molecule has 1 aromatic carbocycles. The average Bonchev–Trinajstić information content (AvgIpc) is 4.07. The quantitative estimate of drug-likeness (QED) is 0.286. The number of fused-ring (bicyclic) bond motifs is 3. The lowest BCUT2D eigenvalue weighted by atomic mass is 9.82. The molecule has 2 aromatic rings.